The topological polar surface area (TPSA) is 72.5 Å². The second-order valence-corrected chi connectivity index (χ2v) is 5.03. The van der Waals surface area contributed by atoms with Crippen molar-refractivity contribution >= 4 is 21.9 Å². The Kier molecular flexibility index (Phi) is 1.72. The van der Waals surface area contributed by atoms with E-state index in [1.165, 1.54) is 0 Å². The molecule has 0 unspecified atom stereocenters. The molecule has 1 aliphatic carbocycles. The molecule has 1 saturated carbocycles. The number of benzene rings is 1. The summed E-state index contributed by atoms with van der Waals surface area (Å²) in [6.07, 6.45) is 5.31. The van der Waals surface area contributed by atoms with E-state index >= 15 is 0 Å². The van der Waals surface area contributed by atoms with Gasteiger partial charge in [-0.15, -0.1) is 0 Å². The maximum atomic E-state index is 10.2. The van der Waals surface area contributed by atoms with E-state index in [1.807, 2.05) is 6.07 Å². The van der Waals surface area contributed by atoms with Crippen molar-refractivity contribution in [3.63, 3.8) is 0 Å². The molecule has 3 N–H and O–H groups in total. The van der Waals surface area contributed by atoms with Gasteiger partial charge in [-0.05, 0) is 25.0 Å². The highest BCUT2D eigenvalue weighted by Gasteiger charge is 2.46. The van der Waals surface area contributed by atoms with Gasteiger partial charge >= 0.3 is 0 Å². The van der Waals surface area contributed by atoms with E-state index in [9.17, 15) is 5.11 Å². The van der Waals surface area contributed by atoms with Crippen molar-refractivity contribution in [1.82, 2.24) is 0 Å². The molecular formula is C14H13NO3. The molecular weight excluding hydrogens is 230 g/mol. The quantitative estimate of drug-likeness (QED) is 0.725. The lowest BCUT2D eigenvalue weighted by molar-refractivity contribution is 0.470. The van der Waals surface area contributed by atoms with Gasteiger partial charge in [-0.1, -0.05) is 0 Å². The van der Waals surface area contributed by atoms with Crippen molar-refractivity contribution in [3.8, 4) is 5.75 Å². The first kappa shape index (κ1) is 10.0. The molecule has 2 heterocycles. The zero-order valence-corrected chi connectivity index (χ0v) is 9.77. The summed E-state index contributed by atoms with van der Waals surface area (Å²) in [5.74, 6) is 0.148. The molecule has 4 nitrogen and oxygen atoms in total. The fraction of sp³-hybridized carbons (Fsp3) is 0.286. The van der Waals surface area contributed by atoms with E-state index in [2.05, 4.69) is 0 Å². The van der Waals surface area contributed by atoms with Crippen LogP contribution in [0.5, 0.6) is 5.75 Å². The predicted molar refractivity (Wildman–Crippen MR) is 67.6 cm³/mol. The van der Waals surface area contributed by atoms with Gasteiger partial charge in [0, 0.05) is 22.9 Å². The Morgan fingerprint density at radius 1 is 1.11 bits per heavy atom. The number of aromatic hydroxyl groups is 1. The Labute approximate surface area is 103 Å². The van der Waals surface area contributed by atoms with E-state index in [0.29, 0.717) is 17.5 Å². The highest BCUT2D eigenvalue weighted by Crippen LogP contribution is 2.54. The molecule has 1 fully saturated rings. The zero-order chi connectivity index (χ0) is 12.3. The number of phenolic OH excluding ortho intramolecular Hbond substituents is 1. The first-order chi connectivity index (χ1) is 8.77. The number of nitrogens with two attached hydrogens (primary N) is 1. The molecule has 0 atom stereocenters. The van der Waals surface area contributed by atoms with Crippen molar-refractivity contribution < 1.29 is 13.9 Å². The molecule has 0 saturated heterocycles. The molecule has 0 radical (unpaired) electrons. The van der Waals surface area contributed by atoms with Crippen molar-refractivity contribution in [2.75, 3.05) is 6.54 Å². The monoisotopic (exact) mass is 243 g/mol. The van der Waals surface area contributed by atoms with Gasteiger partial charge in [-0.3, -0.25) is 0 Å². The smallest absolute Gasteiger partial charge is 0.176 e. The standard InChI is InChI=1S/C14H13NO3/c15-7-14(3-4-14)10-8-1-5-18-13(8)11(16)9-2-6-17-12(9)10/h1-2,5-6,16H,3-4,7,15H2. The fourth-order valence-corrected chi connectivity index (χ4v) is 2.86. The van der Waals surface area contributed by atoms with Gasteiger partial charge in [-0.25, -0.2) is 0 Å². The van der Waals surface area contributed by atoms with Crippen molar-refractivity contribution in [2.24, 2.45) is 5.73 Å². The maximum Gasteiger partial charge on any atom is 0.176 e. The van der Waals surface area contributed by atoms with Crippen LogP contribution in [0.25, 0.3) is 21.9 Å². The van der Waals surface area contributed by atoms with Crippen LogP contribution in [0.15, 0.2) is 33.5 Å². The lowest BCUT2D eigenvalue weighted by atomic mass is 9.91. The molecule has 18 heavy (non-hydrogen) atoms. The van der Waals surface area contributed by atoms with E-state index in [1.54, 1.807) is 18.6 Å². The van der Waals surface area contributed by atoms with Crippen LogP contribution in [0.3, 0.4) is 0 Å². The zero-order valence-electron chi connectivity index (χ0n) is 9.77. The Hall–Kier alpha value is -1.94. The Morgan fingerprint density at radius 3 is 2.44 bits per heavy atom. The molecule has 4 rings (SSSR count). The summed E-state index contributed by atoms with van der Waals surface area (Å²) in [4.78, 5) is 0. The van der Waals surface area contributed by atoms with Crippen molar-refractivity contribution in [1.29, 1.82) is 0 Å². The molecule has 1 aromatic carbocycles. The molecule has 0 aliphatic heterocycles. The van der Waals surface area contributed by atoms with E-state index in [-0.39, 0.29) is 11.2 Å². The summed E-state index contributed by atoms with van der Waals surface area (Å²) < 4.78 is 11.0. The second kappa shape index (κ2) is 3.09. The maximum absolute atomic E-state index is 10.2. The summed E-state index contributed by atoms with van der Waals surface area (Å²) in [5.41, 5.74) is 8.27. The summed E-state index contributed by atoms with van der Waals surface area (Å²) >= 11 is 0. The average molecular weight is 243 g/mol. The minimum absolute atomic E-state index is 0.00801. The Balaban J connectivity index is 2.23. The van der Waals surface area contributed by atoms with Crippen LogP contribution < -0.4 is 5.73 Å². The normalized spacial score (nSPS) is 17.6. The number of phenols is 1. The first-order valence-corrected chi connectivity index (χ1v) is 6.07. The van der Waals surface area contributed by atoms with Crippen LogP contribution in [0.2, 0.25) is 0 Å². The summed E-state index contributed by atoms with van der Waals surface area (Å²) in [7, 11) is 0. The highest BCUT2D eigenvalue weighted by atomic mass is 16.4. The lowest BCUT2D eigenvalue weighted by Crippen LogP contribution is -2.20. The minimum atomic E-state index is -0.00801. The largest absolute Gasteiger partial charge is 0.504 e. The van der Waals surface area contributed by atoms with Gasteiger partial charge in [0.05, 0.1) is 17.9 Å². The van der Waals surface area contributed by atoms with E-state index in [0.717, 1.165) is 29.4 Å². The van der Waals surface area contributed by atoms with Gasteiger partial charge in [0.1, 0.15) is 5.58 Å². The fourth-order valence-electron chi connectivity index (χ4n) is 2.86. The van der Waals surface area contributed by atoms with Gasteiger partial charge in [0.25, 0.3) is 0 Å². The lowest BCUT2D eigenvalue weighted by Gasteiger charge is -2.15. The second-order valence-electron chi connectivity index (χ2n) is 5.03. The number of furan rings is 2. The Morgan fingerprint density at radius 2 is 1.78 bits per heavy atom. The highest BCUT2D eigenvalue weighted by molar-refractivity contribution is 6.05. The van der Waals surface area contributed by atoms with Crippen molar-refractivity contribution in [3.05, 3.63) is 30.2 Å². The summed E-state index contributed by atoms with van der Waals surface area (Å²) in [5, 5.41) is 11.8. The molecule has 0 amide bonds. The van der Waals surface area contributed by atoms with Crippen LogP contribution >= 0.6 is 0 Å². The van der Waals surface area contributed by atoms with Crippen LogP contribution in [-0.4, -0.2) is 11.7 Å². The molecule has 0 bridgehead atoms. The van der Waals surface area contributed by atoms with Crippen LogP contribution in [0.4, 0.5) is 0 Å². The van der Waals surface area contributed by atoms with Gasteiger partial charge in [0.2, 0.25) is 0 Å². The molecule has 2 aromatic heterocycles. The summed E-state index contributed by atoms with van der Waals surface area (Å²) in [6, 6.07) is 3.64. The van der Waals surface area contributed by atoms with E-state index < -0.39 is 0 Å². The number of hydrogen-bond donors (Lipinski definition) is 2. The average Bonchev–Trinajstić information content (AvgIpc) is 2.80. The summed E-state index contributed by atoms with van der Waals surface area (Å²) in [6.45, 7) is 0.591. The predicted octanol–water partition coefficient (Wildman–Crippen LogP) is 2.87. The number of rotatable bonds is 2. The van der Waals surface area contributed by atoms with Crippen molar-refractivity contribution in [2.45, 2.75) is 18.3 Å². The molecule has 0 spiro atoms. The van der Waals surface area contributed by atoms with Gasteiger partial charge < -0.3 is 19.7 Å². The number of fused-ring (bicyclic) bond motifs is 2. The van der Waals surface area contributed by atoms with E-state index in [4.69, 9.17) is 14.6 Å². The molecule has 3 aromatic rings. The van der Waals surface area contributed by atoms with Gasteiger partial charge in [0.15, 0.2) is 11.3 Å². The molecule has 4 heteroatoms. The van der Waals surface area contributed by atoms with Crippen LogP contribution in [-0.2, 0) is 5.41 Å². The third kappa shape index (κ3) is 1.04. The first-order valence-electron chi connectivity index (χ1n) is 6.07. The number of hydrogen-bond acceptors (Lipinski definition) is 4. The van der Waals surface area contributed by atoms with Crippen LogP contribution in [0, 0.1) is 0 Å². The molecule has 92 valence electrons. The minimum Gasteiger partial charge on any atom is -0.504 e. The SMILES string of the molecule is NCC1(c2c3ccoc3c(O)c3ccoc23)CC1. The third-order valence-electron chi connectivity index (χ3n) is 4.07. The van der Waals surface area contributed by atoms with Gasteiger partial charge in [-0.2, -0.15) is 0 Å². The van der Waals surface area contributed by atoms with Crippen LogP contribution in [0.1, 0.15) is 18.4 Å². The third-order valence-corrected chi connectivity index (χ3v) is 4.07. The molecule has 1 aliphatic rings. The Bertz CT molecular complexity index is 697.